The summed E-state index contributed by atoms with van der Waals surface area (Å²) in [7, 11) is 0. The van der Waals surface area contributed by atoms with E-state index in [0.717, 1.165) is 23.1 Å². The fraction of sp³-hybridized carbons (Fsp3) is 0.286. The molecule has 0 N–H and O–H groups in total. The second-order valence-electron chi connectivity index (χ2n) is 6.79. The Morgan fingerprint density at radius 2 is 2.00 bits per heavy atom. The van der Waals surface area contributed by atoms with Crippen molar-refractivity contribution < 1.29 is 24.0 Å². The smallest absolute Gasteiger partial charge is 0.326 e. The van der Waals surface area contributed by atoms with Gasteiger partial charge in [0.25, 0.3) is 16.8 Å². The summed E-state index contributed by atoms with van der Waals surface area (Å²) in [5, 5.41) is 10.7. The number of carbonyl (C=O) groups is 3. The lowest BCUT2D eigenvalue weighted by Crippen LogP contribution is -2.34. The predicted molar refractivity (Wildman–Crippen MR) is 115 cm³/mol. The lowest BCUT2D eigenvalue weighted by molar-refractivity contribution is -0.385. The first-order chi connectivity index (χ1) is 14.9. The number of ether oxygens (including phenoxy) is 1. The van der Waals surface area contributed by atoms with Crippen LogP contribution >= 0.6 is 11.8 Å². The van der Waals surface area contributed by atoms with Crippen LogP contribution in [0.25, 0.3) is 6.08 Å². The van der Waals surface area contributed by atoms with Gasteiger partial charge in [-0.2, -0.15) is 0 Å². The molecule has 9 nitrogen and oxygen atoms in total. The molecule has 10 heteroatoms. The highest BCUT2D eigenvalue weighted by molar-refractivity contribution is 8.18. The fourth-order valence-electron chi connectivity index (χ4n) is 2.98. The van der Waals surface area contributed by atoms with E-state index in [1.807, 2.05) is 6.92 Å². The van der Waals surface area contributed by atoms with Crippen molar-refractivity contribution in [1.82, 2.24) is 9.47 Å². The minimum Gasteiger partial charge on any atom is -0.464 e. The molecule has 3 rings (SSSR count). The zero-order valence-corrected chi connectivity index (χ0v) is 17.7. The van der Waals surface area contributed by atoms with Gasteiger partial charge < -0.3 is 9.30 Å². The Balaban J connectivity index is 1.74. The number of aromatic nitrogens is 1. The molecule has 0 spiro atoms. The van der Waals surface area contributed by atoms with Crippen LogP contribution in [-0.2, 0) is 20.9 Å². The van der Waals surface area contributed by atoms with Crippen LogP contribution in [0.3, 0.4) is 0 Å². The molecule has 0 aliphatic carbocycles. The average Bonchev–Trinajstić information content (AvgIpc) is 3.28. The quantitative estimate of drug-likeness (QED) is 0.190. The van der Waals surface area contributed by atoms with Crippen molar-refractivity contribution in [2.45, 2.75) is 26.3 Å². The van der Waals surface area contributed by atoms with Gasteiger partial charge in [0.15, 0.2) is 0 Å². The van der Waals surface area contributed by atoms with E-state index in [-0.39, 0.29) is 23.7 Å². The summed E-state index contributed by atoms with van der Waals surface area (Å²) < 4.78 is 6.77. The van der Waals surface area contributed by atoms with Crippen LogP contribution in [0.2, 0.25) is 0 Å². The Morgan fingerprint density at radius 1 is 1.23 bits per heavy atom. The van der Waals surface area contributed by atoms with Gasteiger partial charge >= 0.3 is 5.97 Å². The van der Waals surface area contributed by atoms with Crippen molar-refractivity contribution in [1.29, 1.82) is 0 Å². The zero-order valence-electron chi connectivity index (χ0n) is 16.9. The first-order valence-corrected chi connectivity index (χ1v) is 10.5. The zero-order chi connectivity index (χ0) is 22.4. The number of hydrogen-bond donors (Lipinski definition) is 0. The maximum atomic E-state index is 12.6. The van der Waals surface area contributed by atoms with E-state index in [1.54, 1.807) is 47.2 Å². The Hall–Kier alpha value is -3.40. The number of nitrogens with zero attached hydrogens (tertiary/aromatic N) is 3. The van der Waals surface area contributed by atoms with Gasteiger partial charge in [-0.3, -0.25) is 29.4 Å². The third-order valence-electron chi connectivity index (χ3n) is 4.59. The SMILES string of the molecule is CCCCOC(=O)CN1C(=O)S/C(=C/c2cccn2Cc2ccccc2[N+](=O)[O-])C1=O. The number of amides is 2. The Bertz CT molecular complexity index is 1050. The maximum Gasteiger partial charge on any atom is 0.326 e. The highest BCUT2D eigenvalue weighted by Gasteiger charge is 2.36. The van der Waals surface area contributed by atoms with Crippen molar-refractivity contribution in [2.75, 3.05) is 13.2 Å². The van der Waals surface area contributed by atoms with Crippen LogP contribution in [0.15, 0.2) is 47.5 Å². The third-order valence-corrected chi connectivity index (χ3v) is 5.50. The van der Waals surface area contributed by atoms with Gasteiger partial charge in [-0.1, -0.05) is 31.5 Å². The average molecular weight is 443 g/mol. The van der Waals surface area contributed by atoms with Crippen LogP contribution in [0.4, 0.5) is 10.5 Å². The number of hydrogen-bond acceptors (Lipinski definition) is 7. The lowest BCUT2D eigenvalue weighted by atomic mass is 10.2. The molecule has 1 fully saturated rings. The van der Waals surface area contributed by atoms with Crippen molar-refractivity contribution >= 4 is 40.6 Å². The van der Waals surface area contributed by atoms with Gasteiger partial charge in [0.05, 0.1) is 23.0 Å². The van der Waals surface area contributed by atoms with Crippen molar-refractivity contribution in [3.63, 3.8) is 0 Å². The molecule has 2 aromatic rings. The minimum absolute atomic E-state index is 0.00376. The summed E-state index contributed by atoms with van der Waals surface area (Å²) >= 11 is 0.743. The van der Waals surface area contributed by atoms with Gasteiger partial charge in [0, 0.05) is 23.5 Å². The number of carbonyl (C=O) groups excluding carboxylic acids is 3. The number of rotatable bonds is 9. The molecule has 0 radical (unpaired) electrons. The second kappa shape index (κ2) is 10.1. The number of thioether (sulfide) groups is 1. The van der Waals surface area contributed by atoms with E-state index >= 15 is 0 Å². The number of imide groups is 1. The highest BCUT2D eigenvalue weighted by Crippen LogP contribution is 2.32. The van der Waals surface area contributed by atoms with Gasteiger partial charge in [0.1, 0.15) is 6.54 Å². The largest absolute Gasteiger partial charge is 0.464 e. The minimum atomic E-state index is -0.628. The highest BCUT2D eigenvalue weighted by atomic mass is 32.2. The number of benzene rings is 1. The number of unbranched alkanes of at least 4 members (excludes halogenated alkanes) is 1. The van der Waals surface area contributed by atoms with Crippen LogP contribution < -0.4 is 0 Å². The van der Waals surface area contributed by atoms with E-state index in [4.69, 9.17) is 4.74 Å². The van der Waals surface area contributed by atoms with E-state index in [0.29, 0.717) is 17.7 Å². The molecule has 31 heavy (non-hydrogen) atoms. The van der Waals surface area contributed by atoms with E-state index < -0.39 is 28.6 Å². The topological polar surface area (TPSA) is 112 Å². The fourth-order valence-corrected chi connectivity index (χ4v) is 3.81. The first-order valence-electron chi connectivity index (χ1n) is 9.69. The number of nitro groups is 1. The molecule has 1 aromatic carbocycles. The number of esters is 1. The van der Waals surface area contributed by atoms with Crippen LogP contribution in [-0.4, -0.2) is 44.7 Å². The summed E-state index contributed by atoms with van der Waals surface area (Å²) in [6.45, 7) is 2.01. The van der Waals surface area contributed by atoms with Gasteiger partial charge in [0.2, 0.25) is 0 Å². The molecule has 1 aromatic heterocycles. The van der Waals surface area contributed by atoms with Crippen molar-refractivity contribution in [2.24, 2.45) is 0 Å². The van der Waals surface area contributed by atoms with Gasteiger partial charge in [-0.15, -0.1) is 0 Å². The third kappa shape index (κ3) is 5.40. The number of para-hydroxylation sites is 1. The maximum absolute atomic E-state index is 12.6. The Labute approximate surface area is 182 Å². The van der Waals surface area contributed by atoms with E-state index in [1.165, 1.54) is 6.07 Å². The molecular formula is C21H21N3O6S. The summed E-state index contributed by atoms with van der Waals surface area (Å²) in [5.41, 5.74) is 1.12. The standard InChI is InChI=1S/C21H21N3O6S/c1-2-3-11-30-19(25)14-23-20(26)18(31-21(23)27)12-16-8-6-10-22(16)13-15-7-4-5-9-17(15)24(28)29/h4-10,12H,2-3,11,13-14H2,1H3/b18-12+. The summed E-state index contributed by atoms with van der Waals surface area (Å²) in [5.74, 6) is -1.20. The molecule has 2 amide bonds. The lowest BCUT2D eigenvalue weighted by Gasteiger charge is -2.11. The molecule has 0 atom stereocenters. The van der Waals surface area contributed by atoms with Gasteiger partial charge in [-0.25, -0.2) is 0 Å². The molecule has 0 unspecified atom stereocenters. The van der Waals surface area contributed by atoms with Crippen LogP contribution in [0.5, 0.6) is 0 Å². The molecule has 0 saturated carbocycles. The Morgan fingerprint density at radius 3 is 2.74 bits per heavy atom. The predicted octanol–water partition coefficient (Wildman–Crippen LogP) is 3.82. The molecule has 1 aliphatic heterocycles. The molecule has 0 bridgehead atoms. The van der Waals surface area contributed by atoms with Crippen molar-refractivity contribution in [3.8, 4) is 0 Å². The van der Waals surface area contributed by atoms with Crippen LogP contribution in [0, 0.1) is 10.1 Å². The molecule has 1 saturated heterocycles. The molecule has 162 valence electrons. The molecule has 2 heterocycles. The Kier molecular flexibility index (Phi) is 7.24. The normalized spacial score (nSPS) is 15.0. The molecule has 1 aliphatic rings. The number of nitro benzene ring substituents is 1. The van der Waals surface area contributed by atoms with Crippen LogP contribution in [0.1, 0.15) is 31.0 Å². The monoisotopic (exact) mass is 443 g/mol. The second-order valence-corrected chi connectivity index (χ2v) is 7.78. The first kappa shape index (κ1) is 22.3. The van der Waals surface area contributed by atoms with Gasteiger partial charge in [-0.05, 0) is 36.4 Å². The van der Waals surface area contributed by atoms with Crippen molar-refractivity contribution in [3.05, 3.63) is 68.9 Å². The summed E-state index contributed by atoms with van der Waals surface area (Å²) in [4.78, 5) is 48.6. The van der Waals surface area contributed by atoms with E-state index in [2.05, 4.69) is 0 Å². The summed E-state index contributed by atoms with van der Waals surface area (Å²) in [6.07, 6.45) is 4.85. The molecular weight excluding hydrogens is 422 g/mol. The van der Waals surface area contributed by atoms with E-state index in [9.17, 15) is 24.5 Å². The summed E-state index contributed by atoms with van der Waals surface area (Å²) in [6, 6.07) is 9.90.